The smallest absolute Gasteiger partial charge is 0.255 e. The molecule has 0 bridgehead atoms. The highest BCUT2D eigenvalue weighted by atomic mass is 16.5. The number of amides is 2. The highest BCUT2D eigenvalue weighted by Gasteiger charge is 2.20. The van der Waals surface area contributed by atoms with Crippen molar-refractivity contribution in [2.45, 2.75) is 70.8 Å². The molecule has 6 nitrogen and oxygen atoms in total. The van der Waals surface area contributed by atoms with Gasteiger partial charge < -0.3 is 15.4 Å². The Bertz CT molecular complexity index is 680. The molecule has 1 aromatic carbocycles. The quantitative estimate of drug-likeness (QED) is 0.615. The number of nitrogens with zero attached hydrogens (tertiary/aromatic N) is 1. The molecule has 29 heavy (non-hydrogen) atoms. The van der Waals surface area contributed by atoms with Crippen LogP contribution in [0.15, 0.2) is 18.2 Å². The molecule has 6 heteroatoms. The molecule has 1 aromatic rings. The Hall–Kier alpha value is -2.08. The molecule has 3 rings (SSSR count). The molecule has 160 valence electrons. The zero-order valence-electron chi connectivity index (χ0n) is 17.7. The van der Waals surface area contributed by atoms with Crippen LogP contribution < -0.4 is 15.4 Å². The third-order valence-electron chi connectivity index (χ3n) is 5.74. The Kier molecular flexibility index (Phi) is 8.35. The summed E-state index contributed by atoms with van der Waals surface area (Å²) >= 11 is 0. The van der Waals surface area contributed by atoms with E-state index >= 15 is 0 Å². The van der Waals surface area contributed by atoms with Gasteiger partial charge in [-0.2, -0.15) is 0 Å². The summed E-state index contributed by atoms with van der Waals surface area (Å²) < 4.78 is 6.20. The molecule has 1 heterocycles. The lowest BCUT2D eigenvalue weighted by molar-refractivity contribution is -0.117. The van der Waals surface area contributed by atoms with Crippen molar-refractivity contribution >= 4 is 17.5 Å². The van der Waals surface area contributed by atoms with Gasteiger partial charge in [-0.1, -0.05) is 19.8 Å². The Balaban J connectivity index is 1.69. The molecule has 2 aliphatic rings. The first kappa shape index (κ1) is 21.6. The third-order valence-corrected chi connectivity index (χ3v) is 5.74. The van der Waals surface area contributed by atoms with Gasteiger partial charge in [0.1, 0.15) is 5.75 Å². The van der Waals surface area contributed by atoms with Crippen molar-refractivity contribution in [3.63, 3.8) is 0 Å². The van der Waals surface area contributed by atoms with E-state index in [0.29, 0.717) is 30.1 Å². The van der Waals surface area contributed by atoms with Gasteiger partial charge in [0.25, 0.3) is 5.91 Å². The number of anilines is 1. The fourth-order valence-electron chi connectivity index (χ4n) is 4.07. The van der Waals surface area contributed by atoms with Crippen molar-refractivity contribution in [2.75, 3.05) is 31.5 Å². The topological polar surface area (TPSA) is 70.7 Å². The summed E-state index contributed by atoms with van der Waals surface area (Å²) in [6, 6.07) is 5.42. The lowest BCUT2D eigenvalue weighted by Crippen LogP contribution is -2.31. The van der Waals surface area contributed by atoms with E-state index in [2.05, 4.69) is 22.5 Å². The number of carbonyl (C=O) groups is 2. The molecule has 1 aliphatic carbocycles. The number of likely N-dealkylation sites (tertiary alicyclic amines) is 1. The average molecular weight is 402 g/mol. The number of nitrogens with one attached hydrogen (secondary N) is 2. The SMILES string of the molecule is CCCCNC(=O)c1cc(NC(=O)CN2CCCC2)ccc1OC1CCCCC1. The summed E-state index contributed by atoms with van der Waals surface area (Å²) in [6.45, 7) is 5.10. The summed E-state index contributed by atoms with van der Waals surface area (Å²) in [6.07, 6.45) is 10.1. The van der Waals surface area contributed by atoms with E-state index in [4.69, 9.17) is 4.74 Å². The van der Waals surface area contributed by atoms with Crippen LogP contribution in [0.2, 0.25) is 0 Å². The van der Waals surface area contributed by atoms with Crippen LogP contribution in [0, 0.1) is 0 Å². The molecule has 0 atom stereocenters. The van der Waals surface area contributed by atoms with Gasteiger partial charge in [-0.15, -0.1) is 0 Å². The van der Waals surface area contributed by atoms with Crippen molar-refractivity contribution in [1.82, 2.24) is 10.2 Å². The predicted molar refractivity (Wildman–Crippen MR) is 115 cm³/mol. The Morgan fingerprint density at radius 3 is 2.59 bits per heavy atom. The fraction of sp³-hybridized carbons (Fsp3) is 0.652. The number of rotatable bonds is 9. The van der Waals surface area contributed by atoms with E-state index < -0.39 is 0 Å². The van der Waals surface area contributed by atoms with Crippen LogP contribution in [0.25, 0.3) is 0 Å². The zero-order valence-corrected chi connectivity index (χ0v) is 17.7. The second kappa shape index (κ2) is 11.2. The molecule has 0 unspecified atom stereocenters. The average Bonchev–Trinajstić information content (AvgIpc) is 3.23. The normalized spacial score (nSPS) is 17.8. The second-order valence-electron chi connectivity index (χ2n) is 8.23. The summed E-state index contributed by atoms with van der Waals surface area (Å²) in [4.78, 5) is 27.3. The summed E-state index contributed by atoms with van der Waals surface area (Å²) in [7, 11) is 0. The van der Waals surface area contributed by atoms with Gasteiger partial charge in [0.05, 0.1) is 18.2 Å². The molecule has 1 saturated heterocycles. The van der Waals surface area contributed by atoms with Crippen molar-refractivity contribution < 1.29 is 14.3 Å². The van der Waals surface area contributed by atoms with E-state index in [9.17, 15) is 9.59 Å². The first-order valence-electron chi connectivity index (χ1n) is 11.3. The standard InChI is InChI=1S/C23H35N3O3/c1-2-3-13-24-23(28)20-16-18(25-22(27)17-26-14-7-8-15-26)11-12-21(20)29-19-9-5-4-6-10-19/h11-12,16,19H,2-10,13-15,17H2,1H3,(H,24,28)(H,25,27). The number of hydrogen-bond donors (Lipinski definition) is 2. The monoisotopic (exact) mass is 401 g/mol. The van der Waals surface area contributed by atoms with Crippen molar-refractivity contribution in [1.29, 1.82) is 0 Å². The van der Waals surface area contributed by atoms with Crippen LogP contribution in [0.1, 0.15) is 75.1 Å². The maximum Gasteiger partial charge on any atom is 0.255 e. The molecular weight excluding hydrogens is 366 g/mol. The van der Waals surface area contributed by atoms with Crippen LogP contribution in [-0.2, 0) is 4.79 Å². The van der Waals surface area contributed by atoms with Crippen LogP contribution in [0.4, 0.5) is 5.69 Å². The fourth-order valence-corrected chi connectivity index (χ4v) is 4.07. The molecule has 2 N–H and O–H groups in total. The largest absolute Gasteiger partial charge is 0.490 e. The summed E-state index contributed by atoms with van der Waals surface area (Å²) in [5, 5.41) is 5.92. The summed E-state index contributed by atoms with van der Waals surface area (Å²) in [5.74, 6) is 0.438. The third kappa shape index (κ3) is 6.74. The second-order valence-corrected chi connectivity index (χ2v) is 8.23. The number of ether oxygens (including phenoxy) is 1. The number of unbranched alkanes of at least 4 members (excludes halogenated alkanes) is 1. The molecular formula is C23H35N3O3. The van der Waals surface area contributed by atoms with Gasteiger partial charge in [0.15, 0.2) is 0 Å². The Morgan fingerprint density at radius 2 is 1.86 bits per heavy atom. The van der Waals surface area contributed by atoms with Crippen molar-refractivity contribution in [3.8, 4) is 5.75 Å². The molecule has 1 saturated carbocycles. The number of hydrogen-bond acceptors (Lipinski definition) is 4. The van der Waals surface area contributed by atoms with E-state index in [-0.39, 0.29) is 17.9 Å². The van der Waals surface area contributed by atoms with Crippen molar-refractivity contribution in [3.05, 3.63) is 23.8 Å². The Labute approximate surface area is 174 Å². The minimum atomic E-state index is -0.139. The Morgan fingerprint density at radius 1 is 1.10 bits per heavy atom. The first-order valence-corrected chi connectivity index (χ1v) is 11.3. The molecule has 2 fully saturated rings. The molecule has 0 spiro atoms. The van der Waals surface area contributed by atoms with Crippen LogP contribution in [0.5, 0.6) is 5.75 Å². The minimum absolute atomic E-state index is 0.0369. The van der Waals surface area contributed by atoms with Crippen LogP contribution in [-0.4, -0.2) is 49.0 Å². The lowest BCUT2D eigenvalue weighted by atomic mass is 9.97. The van der Waals surface area contributed by atoms with Crippen molar-refractivity contribution in [2.24, 2.45) is 0 Å². The molecule has 0 radical (unpaired) electrons. The van der Waals surface area contributed by atoms with Gasteiger partial charge in [0, 0.05) is 12.2 Å². The van der Waals surface area contributed by atoms with Gasteiger partial charge in [-0.05, 0) is 76.2 Å². The highest BCUT2D eigenvalue weighted by molar-refractivity contribution is 5.99. The van der Waals surface area contributed by atoms with E-state index in [1.165, 1.54) is 19.3 Å². The van der Waals surface area contributed by atoms with Gasteiger partial charge in [-0.3, -0.25) is 14.5 Å². The number of carbonyl (C=O) groups excluding carboxylic acids is 2. The van der Waals surface area contributed by atoms with Crippen LogP contribution >= 0.6 is 0 Å². The van der Waals surface area contributed by atoms with Gasteiger partial charge >= 0.3 is 0 Å². The molecule has 1 aliphatic heterocycles. The maximum absolute atomic E-state index is 12.8. The highest BCUT2D eigenvalue weighted by Crippen LogP contribution is 2.28. The van der Waals surface area contributed by atoms with E-state index in [1.54, 1.807) is 6.07 Å². The van der Waals surface area contributed by atoms with Crippen LogP contribution in [0.3, 0.4) is 0 Å². The molecule has 0 aromatic heterocycles. The maximum atomic E-state index is 12.8. The zero-order chi connectivity index (χ0) is 20.5. The van der Waals surface area contributed by atoms with E-state index in [1.807, 2.05) is 12.1 Å². The van der Waals surface area contributed by atoms with E-state index in [0.717, 1.165) is 51.6 Å². The van der Waals surface area contributed by atoms with Gasteiger partial charge in [0.2, 0.25) is 5.91 Å². The minimum Gasteiger partial charge on any atom is -0.490 e. The first-order chi connectivity index (χ1) is 14.2. The lowest BCUT2D eigenvalue weighted by Gasteiger charge is -2.24. The summed E-state index contributed by atoms with van der Waals surface area (Å²) in [5.41, 5.74) is 1.15. The van der Waals surface area contributed by atoms with Gasteiger partial charge in [-0.25, -0.2) is 0 Å². The predicted octanol–water partition coefficient (Wildman–Crippen LogP) is 3.96. The molecule has 2 amide bonds. The number of benzene rings is 1.